The fraction of sp³-hybridized carbons (Fsp3) is 0.333. The lowest BCUT2D eigenvalue weighted by Crippen LogP contribution is -2.47. The van der Waals surface area contributed by atoms with Crippen LogP contribution in [0.25, 0.3) is 0 Å². The van der Waals surface area contributed by atoms with Gasteiger partial charge in [0, 0.05) is 11.9 Å². The summed E-state index contributed by atoms with van der Waals surface area (Å²) in [5.74, 6) is 0.337. The van der Waals surface area contributed by atoms with Crippen molar-refractivity contribution in [2.75, 3.05) is 19.1 Å². The van der Waals surface area contributed by atoms with Crippen molar-refractivity contribution in [1.82, 2.24) is 10.2 Å². The van der Waals surface area contributed by atoms with E-state index in [9.17, 15) is 9.59 Å². The Morgan fingerprint density at radius 1 is 1.31 bits per heavy atom. The first-order valence-electron chi connectivity index (χ1n) is 7.96. The molecule has 1 aromatic heterocycles. The number of amides is 2. The van der Waals surface area contributed by atoms with Gasteiger partial charge in [0.15, 0.2) is 0 Å². The predicted octanol–water partition coefficient (Wildman–Crippen LogP) is 4.67. The highest BCUT2D eigenvalue weighted by molar-refractivity contribution is 9.11. The van der Waals surface area contributed by atoms with E-state index in [2.05, 4.69) is 21.2 Å². The fourth-order valence-electron chi connectivity index (χ4n) is 2.39. The second-order valence-electron chi connectivity index (χ2n) is 5.69. The second kappa shape index (κ2) is 10.3. The average Bonchev–Trinajstić information content (AvgIpc) is 3.02. The van der Waals surface area contributed by atoms with E-state index >= 15 is 0 Å². The molecule has 0 bridgehead atoms. The maximum atomic E-state index is 12.9. The summed E-state index contributed by atoms with van der Waals surface area (Å²) in [6.07, 6.45) is 2.54. The van der Waals surface area contributed by atoms with Gasteiger partial charge in [-0.05, 0) is 58.6 Å². The van der Waals surface area contributed by atoms with Crippen molar-refractivity contribution in [3.8, 4) is 0 Å². The van der Waals surface area contributed by atoms with Crippen LogP contribution in [0.15, 0.2) is 40.2 Å². The number of thioether (sulfide) groups is 1. The van der Waals surface area contributed by atoms with Crippen molar-refractivity contribution >= 4 is 62.4 Å². The molecule has 0 radical (unpaired) electrons. The molecule has 140 valence electrons. The summed E-state index contributed by atoms with van der Waals surface area (Å²) in [5.41, 5.74) is 0.376. The maximum Gasteiger partial charge on any atom is 0.253 e. The van der Waals surface area contributed by atoms with Gasteiger partial charge in [0.1, 0.15) is 6.04 Å². The van der Waals surface area contributed by atoms with E-state index in [0.29, 0.717) is 23.6 Å². The third-order valence-electron chi connectivity index (χ3n) is 3.73. The number of likely N-dealkylation sites (N-methyl/N-ethyl adjacent to an activating group) is 1. The summed E-state index contributed by atoms with van der Waals surface area (Å²) >= 11 is 12.8. The highest BCUT2D eigenvalue weighted by Crippen LogP contribution is 2.23. The van der Waals surface area contributed by atoms with E-state index in [-0.39, 0.29) is 11.8 Å². The largest absolute Gasteiger partial charge is 0.340 e. The zero-order valence-electron chi connectivity index (χ0n) is 14.5. The maximum absolute atomic E-state index is 12.9. The lowest BCUT2D eigenvalue weighted by Gasteiger charge is -2.24. The van der Waals surface area contributed by atoms with E-state index in [1.54, 1.807) is 59.3 Å². The summed E-state index contributed by atoms with van der Waals surface area (Å²) in [7, 11) is 1.75. The number of hydrogen-bond acceptors (Lipinski definition) is 4. The third-order valence-corrected chi connectivity index (χ3v) is 6.31. The van der Waals surface area contributed by atoms with Gasteiger partial charge in [-0.25, -0.2) is 0 Å². The SMILES string of the molecule is CSCCC(NC(=O)c1ccccc1Cl)C(=O)N(C)Cc1ccc(Br)s1. The first kappa shape index (κ1) is 21.3. The summed E-state index contributed by atoms with van der Waals surface area (Å²) < 4.78 is 1.03. The molecular weight excluding hydrogens is 456 g/mol. The molecule has 0 fully saturated rings. The Bertz CT molecular complexity index is 769. The minimum atomic E-state index is -0.584. The Morgan fingerprint density at radius 2 is 2.04 bits per heavy atom. The van der Waals surface area contributed by atoms with E-state index in [1.807, 2.05) is 18.4 Å². The molecular formula is C18H20BrClN2O2S2. The molecule has 2 aromatic rings. The van der Waals surface area contributed by atoms with Gasteiger partial charge in [-0.15, -0.1) is 11.3 Å². The van der Waals surface area contributed by atoms with E-state index in [0.717, 1.165) is 14.4 Å². The van der Waals surface area contributed by atoms with Gasteiger partial charge in [0.2, 0.25) is 5.91 Å². The summed E-state index contributed by atoms with van der Waals surface area (Å²) in [5, 5.41) is 3.22. The quantitative estimate of drug-likeness (QED) is 0.603. The first-order valence-corrected chi connectivity index (χ1v) is 11.3. The normalized spacial score (nSPS) is 11.8. The number of nitrogens with zero attached hydrogens (tertiary/aromatic N) is 1. The van der Waals surface area contributed by atoms with Gasteiger partial charge in [0.25, 0.3) is 5.91 Å². The Morgan fingerprint density at radius 3 is 2.65 bits per heavy atom. The molecule has 1 aromatic carbocycles. The van der Waals surface area contributed by atoms with Crippen LogP contribution in [0.5, 0.6) is 0 Å². The van der Waals surface area contributed by atoms with Crippen LogP contribution in [0.3, 0.4) is 0 Å². The zero-order chi connectivity index (χ0) is 19.1. The molecule has 26 heavy (non-hydrogen) atoms. The molecule has 1 heterocycles. The predicted molar refractivity (Wildman–Crippen MR) is 114 cm³/mol. The molecule has 2 rings (SSSR count). The number of halogens is 2. The molecule has 8 heteroatoms. The number of rotatable bonds is 8. The van der Waals surface area contributed by atoms with Crippen molar-refractivity contribution in [3.63, 3.8) is 0 Å². The number of thiophene rings is 1. The number of carbonyl (C=O) groups excluding carboxylic acids is 2. The molecule has 0 saturated heterocycles. The zero-order valence-corrected chi connectivity index (χ0v) is 18.5. The van der Waals surface area contributed by atoms with Crippen LogP contribution < -0.4 is 5.32 Å². The molecule has 1 unspecified atom stereocenters. The van der Waals surface area contributed by atoms with Crippen LogP contribution in [0.1, 0.15) is 21.7 Å². The number of carbonyl (C=O) groups is 2. The first-order chi connectivity index (χ1) is 12.4. The number of benzene rings is 1. The Labute approximate surface area is 175 Å². The third kappa shape index (κ3) is 6.01. The Kier molecular flexibility index (Phi) is 8.47. The number of hydrogen-bond donors (Lipinski definition) is 1. The molecule has 1 atom stereocenters. The van der Waals surface area contributed by atoms with Gasteiger partial charge in [-0.1, -0.05) is 23.7 Å². The fourth-order valence-corrected chi connectivity index (χ4v) is 4.62. The summed E-state index contributed by atoms with van der Waals surface area (Å²) in [4.78, 5) is 28.2. The Hall–Kier alpha value is -1.02. The minimum absolute atomic E-state index is 0.107. The smallest absolute Gasteiger partial charge is 0.253 e. The van der Waals surface area contributed by atoms with Gasteiger partial charge >= 0.3 is 0 Å². The molecule has 4 nitrogen and oxygen atoms in total. The second-order valence-corrected chi connectivity index (χ2v) is 9.63. The van der Waals surface area contributed by atoms with Crippen LogP contribution in [-0.2, 0) is 11.3 Å². The summed E-state index contributed by atoms with van der Waals surface area (Å²) in [6, 6.07) is 10.2. The molecule has 0 spiro atoms. The molecule has 0 aliphatic carbocycles. The van der Waals surface area contributed by atoms with E-state index < -0.39 is 6.04 Å². The van der Waals surface area contributed by atoms with Crippen LogP contribution in [0.4, 0.5) is 0 Å². The average molecular weight is 476 g/mol. The van der Waals surface area contributed by atoms with E-state index in [4.69, 9.17) is 11.6 Å². The van der Waals surface area contributed by atoms with Crippen molar-refractivity contribution in [3.05, 3.63) is 55.6 Å². The van der Waals surface area contributed by atoms with Crippen molar-refractivity contribution in [2.24, 2.45) is 0 Å². The standard InChI is InChI=1S/C18H20BrClN2O2S2/c1-22(11-12-7-8-16(19)26-12)18(24)15(9-10-25-2)21-17(23)13-5-3-4-6-14(13)20/h3-8,15H,9-11H2,1-2H3,(H,21,23). The molecule has 0 aliphatic heterocycles. The number of nitrogens with one attached hydrogen (secondary N) is 1. The topological polar surface area (TPSA) is 49.4 Å². The van der Waals surface area contributed by atoms with Crippen molar-refractivity contribution in [2.45, 2.75) is 19.0 Å². The lowest BCUT2D eigenvalue weighted by atomic mass is 10.1. The molecule has 0 aliphatic rings. The van der Waals surface area contributed by atoms with Crippen LogP contribution in [-0.4, -0.2) is 41.8 Å². The van der Waals surface area contributed by atoms with Crippen molar-refractivity contribution in [1.29, 1.82) is 0 Å². The monoisotopic (exact) mass is 474 g/mol. The Balaban J connectivity index is 2.08. The molecule has 2 amide bonds. The van der Waals surface area contributed by atoms with Crippen molar-refractivity contribution < 1.29 is 9.59 Å². The van der Waals surface area contributed by atoms with Crippen LogP contribution >= 0.6 is 50.6 Å². The van der Waals surface area contributed by atoms with E-state index in [1.165, 1.54) is 0 Å². The highest BCUT2D eigenvalue weighted by atomic mass is 79.9. The van der Waals surface area contributed by atoms with Gasteiger partial charge < -0.3 is 10.2 Å². The highest BCUT2D eigenvalue weighted by Gasteiger charge is 2.25. The van der Waals surface area contributed by atoms with Gasteiger partial charge in [-0.3, -0.25) is 9.59 Å². The van der Waals surface area contributed by atoms with Crippen LogP contribution in [0, 0.1) is 0 Å². The van der Waals surface area contributed by atoms with Gasteiger partial charge in [0.05, 0.1) is 20.9 Å². The molecule has 0 saturated carbocycles. The summed E-state index contributed by atoms with van der Waals surface area (Å²) in [6.45, 7) is 0.507. The van der Waals surface area contributed by atoms with Gasteiger partial charge in [-0.2, -0.15) is 11.8 Å². The van der Waals surface area contributed by atoms with Crippen LogP contribution in [0.2, 0.25) is 5.02 Å². The lowest BCUT2D eigenvalue weighted by molar-refractivity contribution is -0.132. The molecule has 1 N–H and O–H groups in total. The minimum Gasteiger partial charge on any atom is -0.340 e.